The molecule has 3 aromatic carbocycles. The Morgan fingerprint density at radius 2 is 1.61 bits per heavy atom. The van der Waals surface area contributed by atoms with Crippen molar-refractivity contribution in [2.45, 2.75) is 5.16 Å². The predicted molar refractivity (Wildman–Crippen MR) is 125 cm³/mol. The van der Waals surface area contributed by atoms with Gasteiger partial charge in [0.25, 0.3) is 5.91 Å². The quantitative estimate of drug-likeness (QED) is 0.317. The highest BCUT2D eigenvalue weighted by molar-refractivity contribution is 7.99. The molecule has 4 rings (SSSR count). The lowest BCUT2D eigenvalue weighted by Crippen LogP contribution is -2.42. The monoisotopic (exact) mass is 481 g/mol. The minimum Gasteiger partial charge on any atom is -0.272 e. The molecule has 1 aromatic heterocycles. The zero-order valence-corrected chi connectivity index (χ0v) is 18.6. The molecule has 0 unspecified atom stereocenters. The van der Waals surface area contributed by atoms with Crippen molar-refractivity contribution in [1.29, 1.82) is 0 Å². The Labute approximate surface area is 198 Å². The third kappa shape index (κ3) is 5.21. The number of thioether (sulfide) groups is 1. The number of aromatic nitrogens is 3. The van der Waals surface area contributed by atoms with E-state index < -0.39 is 17.6 Å². The van der Waals surface area contributed by atoms with E-state index in [0.717, 1.165) is 17.4 Å². The van der Waals surface area contributed by atoms with Crippen LogP contribution in [0.25, 0.3) is 17.1 Å². The van der Waals surface area contributed by atoms with Crippen LogP contribution in [0, 0.1) is 5.82 Å². The molecule has 0 radical (unpaired) electrons. The second kappa shape index (κ2) is 10.3. The van der Waals surface area contributed by atoms with Crippen LogP contribution in [0.1, 0.15) is 10.4 Å². The van der Waals surface area contributed by atoms with Gasteiger partial charge in [-0.25, -0.2) is 4.39 Å². The number of hydrazine groups is 1. The summed E-state index contributed by atoms with van der Waals surface area (Å²) >= 11 is 7.09. The standard InChI is InChI=1S/C23H17ClFN5O2S/c24-18-12-6-4-10-16(18)22(32)28-26-20(31)14-33-23-29-27-21(17-11-5-7-13-19(17)25)30(23)15-8-2-1-3-9-15/h1-13H,14H2,(H,26,31)(H,28,32). The van der Waals surface area contributed by atoms with Gasteiger partial charge in [0.2, 0.25) is 5.91 Å². The van der Waals surface area contributed by atoms with Gasteiger partial charge in [-0.05, 0) is 36.4 Å². The molecule has 0 atom stereocenters. The van der Waals surface area contributed by atoms with Gasteiger partial charge in [-0.15, -0.1) is 10.2 Å². The summed E-state index contributed by atoms with van der Waals surface area (Å²) in [4.78, 5) is 24.5. The third-order valence-corrected chi connectivity index (χ3v) is 5.79. The van der Waals surface area contributed by atoms with E-state index in [-0.39, 0.29) is 21.9 Å². The van der Waals surface area contributed by atoms with Gasteiger partial charge in [-0.3, -0.25) is 25.0 Å². The summed E-state index contributed by atoms with van der Waals surface area (Å²) in [6, 6.07) is 22.0. The summed E-state index contributed by atoms with van der Waals surface area (Å²) < 4.78 is 16.1. The summed E-state index contributed by atoms with van der Waals surface area (Å²) in [5, 5.41) is 8.99. The topological polar surface area (TPSA) is 88.9 Å². The molecule has 0 fully saturated rings. The van der Waals surface area contributed by atoms with Crippen molar-refractivity contribution in [3.8, 4) is 17.1 Å². The molecule has 0 saturated heterocycles. The maximum Gasteiger partial charge on any atom is 0.271 e. The van der Waals surface area contributed by atoms with Gasteiger partial charge >= 0.3 is 0 Å². The van der Waals surface area contributed by atoms with E-state index >= 15 is 0 Å². The molecule has 10 heteroatoms. The average molecular weight is 482 g/mol. The van der Waals surface area contributed by atoms with E-state index in [0.29, 0.717) is 11.0 Å². The number of hydrogen-bond acceptors (Lipinski definition) is 5. The van der Waals surface area contributed by atoms with Gasteiger partial charge in [0.05, 0.1) is 21.9 Å². The molecule has 1 heterocycles. The summed E-state index contributed by atoms with van der Waals surface area (Å²) in [6.07, 6.45) is 0. The minimum absolute atomic E-state index is 0.0644. The summed E-state index contributed by atoms with van der Waals surface area (Å²) in [5.74, 6) is -1.18. The number of rotatable bonds is 6. The Hall–Kier alpha value is -3.69. The number of nitrogens with one attached hydrogen (secondary N) is 2. The second-order valence-corrected chi connectivity index (χ2v) is 8.08. The van der Waals surface area contributed by atoms with E-state index in [1.807, 2.05) is 30.3 Å². The lowest BCUT2D eigenvalue weighted by atomic mass is 10.2. The van der Waals surface area contributed by atoms with Gasteiger partial charge in [0.15, 0.2) is 11.0 Å². The van der Waals surface area contributed by atoms with Crippen LogP contribution in [-0.2, 0) is 4.79 Å². The van der Waals surface area contributed by atoms with Crippen LogP contribution in [0.4, 0.5) is 4.39 Å². The molecule has 2 amide bonds. The highest BCUT2D eigenvalue weighted by Crippen LogP contribution is 2.29. The zero-order valence-electron chi connectivity index (χ0n) is 17.0. The number of carbonyl (C=O) groups is 2. The maximum atomic E-state index is 14.4. The van der Waals surface area contributed by atoms with E-state index in [1.54, 1.807) is 47.0 Å². The van der Waals surface area contributed by atoms with E-state index in [1.165, 1.54) is 6.07 Å². The summed E-state index contributed by atoms with van der Waals surface area (Å²) in [7, 11) is 0. The minimum atomic E-state index is -0.534. The molecule has 7 nitrogen and oxygen atoms in total. The first-order valence-corrected chi connectivity index (χ1v) is 11.1. The molecule has 0 aliphatic heterocycles. The number of amides is 2. The fraction of sp³-hybridized carbons (Fsp3) is 0.0435. The molecule has 2 N–H and O–H groups in total. The molecular weight excluding hydrogens is 465 g/mol. The van der Waals surface area contributed by atoms with Crippen LogP contribution in [0.15, 0.2) is 84.0 Å². The highest BCUT2D eigenvalue weighted by Gasteiger charge is 2.19. The Bertz CT molecular complexity index is 1300. The Kier molecular flexibility index (Phi) is 7.01. The van der Waals surface area contributed by atoms with Gasteiger partial charge < -0.3 is 0 Å². The van der Waals surface area contributed by atoms with Crippen molar-refractivity contribution in [3.63, 3.8) is 0 Å². The average Bonchev–Trinajstić information content (AvgIpc) is 3.26. The number of hydrogen-bond donors (Lipinski definition) is 2. The van der Waals surface area contributed by atoms with Gasteiger partial charge in [-0.2, -0.15) is 0 Å². The first kappa shape index (κ1) is 22.5. The van der Waals surface area contributed by atoms with E-state index in [2.05, 4.69) is 21.0 Å². The van der Waals surface area contributed by atoms with Crippen LogP contribution in [0.2, 0.25) is 5.02 Å². The molecule has 0 aliphatic carbocycles. The second-order valence-electron chi connectivity index (χ2n) is 6.73. The van der Waals surface area contributed by atoms with Crippen molar-refractivity contribution in [2.75, 3.05) is 5.75 Å². The number of carbonyl (C=O) groups excluding carboxylic acids is 2. The number of benzene rings is 3. The molecule has 0 aliphatic rings. The van der Waals surface area contributed by atoms with Crippen molar-refractivity contribution in [2.24, 2.45) is 0 Å². The molecule has 0 bridgehead atoms. The lowest BCUT2D eigenvalue weighted by molar-refractivity contribution is -0.119. The molecule has 0 spiro atoms. The fourth-order valence-corrected chi connectivity index (χ4v) is 3.97. The lowest BCUT2D eigenvalue weighted by Gasteiger charge is -2.11. The van der Waals surface area contributed by atoms with Crippen molar-refractivity contribution < 1.29 is 14.0 Å². The Morgan fingerprint density at radius 3 is 2.36 bits per heavy atom. The maximum absolute atomic E-state index is 14.4. The van der Waals surface area contributed by atoms with E-state index in [9.17, 15) is 14.0 Å². The molecule has 166 valence electrons. The highest BCUT2D eigenvalue weighted by atomic mass is 35.5. The summed E-state index contributed by atoms with van der Waals surface area (Å²) in [6.45, 7) is 0. The SMILES string of the molecule is O=C(CSc1nnc(-c2ccccc2F)n1-c1ccccc1)NNC(=O)c1ccccc1Cl. The predicted octanol–water partition coefficient (Wildman–Crippen LogP) is 4.28. The van der Waals surface area contributed by atoms with Crippen LogP contribution < -0.4 is 10.9 Å². The first-order valence-electron chi connectivity index (χ1n) is 9.77. The van der Waals surface area contributed by atoms with E-state index in [4.69, 9.17) is 11.6 Å². The molecule has 33 heavy (non-hydrogen) atoms. The number of nitrogens with zero attached hydrogens (tertiary/aromatic N) is 3. The first-order chi connectivity index (χ1) is 16.0. The molecule has 4 aromatic rings. The smallest absolute Gasteiger partial charge is 0.271 e. The molecular formula is C23H17ClFN5O2S. The summed E-state index contributed by atoms with van der Waals surface area (Å²) in [5.41, 5.74) is 5.93. The van der Waals surface area contributed by atoms with Crippen LogP contribution in [0.3, 0.4) is 0 Å². The Balaban J connectivity index is 1.49. The number of halogens is 2. The van der Waals surface area contributed by atoms with Crippen LogP contribution in [0.5, 0.6) is 0 Å². The van der Waals surface area contributed by atoms with Crippen molar-refractivity contribution >= 4 is 35.2 Å². The van der Waals surface area contributed by atoms with Crippen LogP contribution >= 0.6 is 23.4 Å². The Morgan fingerprint density at radius 1 is 0.909 bits per heavy atom. The fourth-order valence-electron chi connectivity index (χ4n) is 3.00. The van der Waals surface area contributed by atoms with Crippen molar-refractivity contribution in [3.05, 3.63) is 95.3 Å². The van der Waals surface area contributed by atoms with Gasteiger partial charge in [0, 0.05) is 5.69 Å². The van der Waals surface area contributed by atoms with Crippen molar-refractivity contribution in [1.82, 2.24) is 25.6 Å². The third-order valence-electron chi connectivity index (χ3n) is 4.53. The van der Waals surface area contributed by atoms with Crippen LogP contribution in [-0.4, -0.2) is 32.3 Å². The number of para-hydroxylation sites is 1. The van der Waals surface area contributed by atoms with Gasteiger partial charge in [0.1, 0.15) is 5.82 Å². The zero-order chi connectivity index (χ0) is 23.2. The normalized spacial score (nSPS) is 10.6. The van der Waals surface area contributed by atoms with Gasteiger partial charge in [-0.1, -0.05) is 65.8 Å². The molecule has 0 saturated carbocycles. The largest absolute Gasteiger partial charge is 0.272 e.